The Morgan fingerprint density at radius 1 is 1.12 bits per heavy atom. The van der Waals surface area contributed by atoms with Crippen LogP contribution in [0.25, 0.3) is 0 Å². The number of sulfonamides is 1. The van der Waals surface area contributed by atoms with Crippen LogP contribution in [-0.2, 0) is 14.8 Å². The van der Waals surface area contributed by atoms with Crippen LogP contribution in [0.4, 0.5) is 11.4 Å². The molecule has 2 rings (SSSR count). The lowest BCUT2D eigenvalue weighted by Crippen LogP contribution is -2.45. The van der Waals surface area contributed by atoms with Gasteiger partial charge in [0.05, 0.1) is 29.1 Å². The minimum Gasteiger partial charge on any atom is -0.497 e. The molecule has 1 atom stereocenters. The van der Waals surface area contributed by atoms with Gasteiger partial charge >= 0.3 is 0 Å². The first-order valence-electron chi connectivity index (χ1n) is 7.53. The van der Waals surface area contributed by atoms with Crippen LogP contribution in [0.15, 0.2) is 42.5 Å². The van der Waals surface area contributed by atoms with Crippen LogP contribution < -0.4 is 14.4 Å². The van der Waals surface area contributed by atoms with E-state index in [0.29, 0.717) is 22.1 Å². The number of nitrogens with one attached hydrogen (secondary N) is 1. The Morgan fingerprint density at radius 2 is 1.73 bits per heavy atom. The van der Waals surface area contributed by atoms with Crippen molar-refractivity contribution in [2.24, 2.45) is 0 Å². The van der Waals surface area contributed by atoms with E-state index >= 15 is 0 Å². The van der Waals surface area contributed by atoms with Gasteiger partial charge in [0, 0.05) is 5.69 Å². The Kier molecular flexibility index (Phi) is 6.39. The predicted octanol–water partition coefficient (Wildman–Crippen LogP) is 3.80. The number of benzene rings is 2. The van der Waals surface area contributed by atoms with Gasteiger partial charge in [0.15, 0.2) is 0 Å². The summed E-state index contributed by atoms with van der Waals surface area (Å²) in [6.07, 6.45) is 1.04. The number of amides is 1. The van der Waals surface area contributed by atoms with E-state index in [-0.39, 0.29) is 5.02 Å². The largest absolute Gasteiger partial charge is 0.497 e. The number of hydrogen-bond acceptors (Lipinski definition) is 4. The monoisotopic (exact) mass is 416 g/mol. The van der Waals surface area contributed by atoms with Gasteiger partial charge in [-0.1, -0.05) is 23.2 Å². The van der Waals surface area contributed by atoms with Crippen molar-refractivity contribution in [3.05, 3.63) is 52.5 Å². The fourth-order valence-electron chi connectivity index (χ4n) is 2.36. The number of carbonyl (C=O) groups is 1. The minimum atomic E-state index is -3.70. The second kappa shape index (κ2) is 8.16. The van der Waals surface area contributed by atoms with E-state index in [1.807, 2.05) is 0 Å². The van der Waals surface area contributed by atoms with Crippen molar-refractivity contribution in [1.82, 2.24) is 0 Å². The van der Waals surface area contributed by atoms with Crippen LogP contribution in [0.5, 0.6) is 5.75 Å². The molecule has 2 aromatic carbocycles. The lowest BCUT2D eigenvalue weighted by molar-refractivity contribution is -0.116. The molecule has 26 heavy (non-hydrogen) atoms. The van der Waals surface area contributed by atoms with Gasteiger partial charge in [-0.3, -0.25) is 9.10 Å². The molecule has 0 aliphatic rings. The normalized spacial score (nSPS) is 12.3. The number of rotatable bonds is 6. The number of ether oxygens (including phenoxy) is 1. The van der Waals surface area contributed by atoms with Crippen LogP contribution in [0.2, 0.25) is 10.0 Å². The third-order valence-corrected chi connectivity index (χ3v) is 5.58. The molecule has 0 aliphatic carbocycles. The average molecular weight is 417 g/mol. The zero-order chi connectivity index (χ0) is 19.5. The van der Waals surface area contributed by atoms with E-state index in [1.165, 1.54) is 20.1 Å². The average Bonchev–Trinajstić information content (AvgIpc) is 2.57. The van der Waals surface area contributed by atoms with Crippen molar-refractivity contribution in [3.63, 3.8) is 0 Å². The number of methoxy groups -OCH3 is 1. The highest BCUT2D eigenvalue weighted by Gasteiger charge is 2.29. The second-order valence-electron chi connectivity index (χ2n) is 5.55. The van der Waals surface area contributed by atoms with Crippen LogP contribution in [0, 0.1) is 0 Å². The van der Waals surface area contributed by atoms with Gasteiger partial charge in [-0.25, -0.2) is 8.42 Å². The molecule has 2 aromatic rings. The van der Waals surface area contributed by atoms with Crippen molar-refractivity contribution < 1.29 is 17.9 Å². The van der Waals surface area contributed by atoms with E-state index in [4.69, 9.17) is 27.9 Å². The molecule has 0 saturated carbocycles. The van der Waals surface area contributed by atoms with E-state index < -0.39 is 22.0 Å². The molecular formula is C17H18Cl2N2O4S. The van der Waals surface area contributed by atoms with Gasteiger partial charge in [0.1, 0.15) is 11.8 Å². The summed E-state index contributed by atoms with van der Waals surface area (Å²) < 4.78 is 30.6. The molecular weight excluding hydrogens is 399 g/mol. The summed E-state index contributed by atoms with van der Waals surface area (Å²) in [5.74, 6) is 0.0692. The van der Waals surface area contributed by atoms with E-state index in [9.17, 15) is 13.2 Å². The topological polar surface area (TPSA) is 75.7 Å². The van der Waals surface area contributed by atoms with E-state index in [1.54, 1.807) is 36.4 Å². The summed E-state index contributed by atoms with van der Waals surface area (Å²) >= 11 is 11.8. The Bertz CT molecular complexity index is 901. The summed E-state index contributed by atoms with van der Waals surface area (Å²) in [7, 11) is -2.19. The second-order valence-corrected chi connectivity index (χ2v) is 8.22. The van der Waals surface area contributed by atoms with Crippen molar-refractivity contribution in [2.75, 3.05) is 23.0 Å². The van der Waals surface area contributed by atoms with Crippen LogP contribution in [0.3, 0.4) is 0 Å². The van der Waals surface area contributed by atoms with Gasteiger partial charge < -0.3 is 10.1 Å². The van der Waals surface area contributed by atoms with Gasteiger partial charge in [0.25, 0.3) is 0 Å². The van der Waals surface area contributed by atoms with Crippen LogP contribution in [0.1, 0.15) is 6.92 Å². The quantitative estimate of drug-likeness (QED) is 0.776. The number of nitrogens with zero attached hydrogens (tertiary/aromatic N) is 1. The maximum absolute atomic E-state index is 12.6. The summed E-state index contributed by atoms with van der Waals surface area (Å²) in [4.78, 5) is 12.6. The molecule has 0 fully saturated rings. The smallest absolute Gasteiger partial charge is 0.247 e. The molecule has 6 nitrogen and oxygen atoms in total. The first-order valence-corrected chi connectivity index (χ1v) is 10.1. The molecule has 0 aliphatic heterocycles. The molecule has 0 heterocycles. The first-order chi connectivity index (χ1) is 12.1. The van der Waals surface area contributed by atoms with Crippen molar-refractivity contribution in [1.29, 1.82) is 0 Å². The highest BCUT2D eigenvalue weighted by atomic mass is 35.5. The third-order valence-electron chi connectivity index (χ3n) is 3.60. The maximum Gasteiger partial charge on any atom is 0.247 e. The molecule has 0 spiro atoms. The lowest BCUT2D eigenvalue weighted by atomic mass is 10.2. The SMILES string of the molecule is COc1ccc(N([C@@H](C)C(=O)Nc2ccc(Cl)c(Cl)c2)S(C)(=O)=O)cc1. The molecule has 0 unspecified atom stereocenters. The van der Waals surface area contributed by atoms with Crippen molar-refractivity contribution >= 4 is 50.5 Å². The summed E-state index contributed by atoms with van der Waals surface area (Å²) in [5, 5.41) is 3.28. The third kappa shape index (κ3) is 4.81. The summed E-state index contributed by atoms with van der Waals surface area (Å²) in [6.45, 7) is 1.50. The number of carbonyl (C=O) groups excluding carboxylic acids is 1. The van der Waals surface area contributed by atoms with Gasteiger partial charge in [-0.05, 0) is 49.4 Å². The summed E-state index contributed by atoms with van der Waals surface area (Å²) in [6, 6.07) is 10.0. The Morgan fingerprint density at radius 3 is 2.23 bits per heavy atom. The van der Waals surface area contributed by atoms with Gasteiger partial charge in [0.2, 0.25) is 15.9 Å². The fraction of sp³-hybridized carbons (Fsp3) is 0.235. The molecule has 0 radical (unpaired) electrons. The Balaban J connectivity index is 2.29. The Labute approximate surface area is 162 Å². The molecule has 0 aromatic heterocycles. The lowest BCUT2D eigenvalue weighted by Gasteiger charge is -2.28. The van der Waals surface area contributed by atoms with Crippen molar-refractivity contribution in [3.8, 4) is 5.75 Å². The number of anilines is 2. The molecule has 9 heteroatoms. The highest BCUT2D eigenvalue weighted by Crippen LogP contribution is 2.27. The number of hydrogen-bond donors (Lipinski definition) is 1. The zero-order valence-corrected chi connectivity index (χ0v) is 16.7. The highest BCUT2D eigenvalue weighted by molar-refractivity contribution is 7.92. The van der Waals surface area contributed by atoms with Gasteiger partial charge in [-0.15, -0.1) is 0 Å². The van der Waals surface area contributed by atoms with Crippen LogP contribution >= 0.6 is 23.2 Å². The molecule has 0 saturated heterocycles. The standard InChI is InChI=1S/C17H18Cl2N2O4S/c1-11(17(22)20-12-4-9-15(18)16(19)10-12)21(26(3,23)24)13-5-7-14(25-2)8-6-13/h4-11H,1-3H3,(H,20,22)/t11-/m0/s1. The van der Waals surface area contributed by atoms with Gasteiger partial charge in [-0.2, -0.15) is 0 Å². The molecule has 1 amide bonds. The molecule has 140 valence electrons. The molecule has 1 N–H and O–H groups in total. The first kappa shape index (κ1) is 20.4. The van der Waals surface area contributed by atoms with E-state index in [0.717, 1.165) is 10.6 Å². The zero-order valence-electron chi connectivity index (χ0n) is 14.4. The predicted molar refractivity (Wildman–Crippen MR) is 105 cm³/mol. The fourth-order valence-corrected chi connectivity index (χ4v) is 3.83. The van der Waals surface area contributed by atoms with Crippen molar-refractivity contribution in [2.45, 2.75) is 13.0 Å². The minimum absolute atomic E-state index is 0.284. The maximum atomic E-state index is 12.6. The van der Waals surface area contributed by atoms with Crippen LogP contribution in [-0.4, -0.2) is 33.7 Å². The Hall–Kier alpha value is -1.96. The number of halogens is 2. The van der Waals surface area contributed by atoms with E-state index in [2.05, 4.69) is 5.32 Å². The summed E-state index contributed by atoms with van der Waals surface area (Å²) in [5.41, 5.74) is 0.768. The molecule has 0 bridgehead atoms.